The zero-order valence-electron chi connectivity index (χ0n) is 13.2. The van der Waals surface area contributed by atoms with Gasteiger partial charge >= 0.3 is 0 Å². The van der Waals surface area contributed by atoms with Crippen LogP contribution in [0.15, 0.2) is 53.4 Å². The van der Waals surface area contributed by atoms with Crippen LogP contribution in [-0.2, 0) is 10.0 Å². The van der Waals surface area contributed by atoms with Crippen molar-refractivity contribution in [2.75, 3.05) is 13.1 Å². The van der Waals surface area contributed by atoms with E-state index in [-0.39, 0.29) is 23.2 Å². The molecule has 2 aromatic rings. The van der Waals surface area contributed by atoms with Crippen molar-refractivity contribution in [2.45, 2.75) is 30.1 Å². The molecule has 0 aromatic heterocycles. The Morgan fingerprint density at radius 1 is 0.958 bits per heavy atom. The average Bonchev–Trinajstić information content (AvgIpc) is 2.82. The Labute approximate surface area is 141 Å². The molecule has 1 aliphatic heterocycles. The number of halogens is 2. The second-order valence-corrected chi connectivity index (χ2v) is 7.94. The highest BCUT2D eigenvalue weighted by atomic mass is 32.2. The second kappa shape index (κ2) is 6.99. The summed E-state index contributed by atoms with van der Waals surface area (Å²) in [5.41, 5.74) is 0.909. The van der Waals surface area contributed by atoms with Gasteiger partial charge in [0.05, 0.1) is 0 Å². The fourth-order valence-electron chi connectivity index (χ4n) is 3.13. The van der Waals surface area contributed by atoms with Crippen molar-refractivity contribution in [3.63, 3.8) is 0 Å². The number of rotatable bonds is 3. The van der Waals surface area contributed by atoms with E-state index in [0.717, 1.165) is 30.9 Å². The molecule has 6 heteroatoms. The Morgan fingerprint density at radius 2 is 1.67 bits per heavy atom. The lowest BCUT2D eigenvalue weighted by Gasteiger charge is -2.24. The number of sulfonamides is 1. The van der Waals surface area contributed by atoms with E-state index < -0.39 is 15.8 Å². The quantitative estimate of drug-likeness (QED) is 0.840. The Morgan fingerprint density at radius 3 is 2.38 bits per heavy atom. The Balaban J connectivity index is 1.90. The molecule has 0 radical (unpaired) electrons. The predicted molar refractivity (Wildman–Crippen MR) is 88.2 cm³/mol. The minimum Gasteiger partial charge on any atom is -0.207 e. The molecule has 3 rings (SSSR count). The topological polar surface area (TPSA) is 37.4 Å². The van der Waals surface area contributed by atoms with Crippen LogP contribution in [-0.4, -0.2) is 25.8 Å². The van der Waals surface area contributed by atoms with Crippen LogP contribution in [0.3, 0.4) is 0 Å². The molecule has 1 aliphatic rings. The number of benzene rings is 2. The molecule has 1 unspecified atom stereocenters. The minimum absolute atomic E-state index is 0.0188. The summed E-state index contributed by atoms with van der Waals surface area (Å²) >= 11 is 0. The van der Waals surface area contributed by atoms with Gasteiger partial charge in [-0.3, -0.25) is 0 Å². The summed E-state index contributed by atoms with van der Waals surface area (Å²) in [6.45, 7) is 0.649. The molecule has 0 N–H and O–H groups in total. The van der Waals surface area contributed by atoms with Crippen LogP contribution >= 0.6 is 0 Å². The molecular formula is C18H19F2NO2S. The Hall–Kier alpha value is -1.79. The summed E-state index contributed by atoms with van der Waals surface area (Å²) in [4.78, 5) is -0.287. The Kier molecular flexibility index (Phi) is 4.96. The molecular weight excluding hydrogens is 332 g/mol. The number of nitrogens with zero attached hydrogens (tertiary/aromatic N) is 1. The van der Waals surface area contributed by atoms with Crippen LogP contribution in [0.25, 0.3) is 0 Å². The third-order valence-electron chi connectivity index (χ3n) is 4.43. The standard InChI is InChI=1S/C18H19F2NO2S/c19-16-10-8-14(9-11-16)15-5-3-4-12-21(13-15)24(22,23)18-7-2-1-6-17(18)20/h1-2,6-11,15H,3-5,12-13H2. The van der Waals surface area contributed by atoms with Gasteiger partial charge in [-0.05, 0) is 48.6 Å². The van der Waals surface area contributed by atoms with E-state index in [1.807, 2.05) is 0 Å². The van der Waals surface area contributed by atoms with Crippen molar-refractivity contribution in [1.29, 1.82) is 0 Å². The van der Waals surface area contributed by atoms with Gasteiger partial charge in [0.25, 0.3) is 0 Å². The molecule has 1 saturated heterocycles. The largest absolute Gasteiger partial charge is 0.246 e. The van der Waals surface area contributed by atoms with Crippen molar-refractivity contribution >= 4 is 10.0 Å². The lowest BCUT2D eigenvalue weighted by Crippen LogP contribution is -2.34. The van der Waals surface area contributed by atoms with Gasteiger partial charge in [0.1, 0.15) is 16.5 Å². The molecule has 0 bridgehead atoms. The molecule has 0 aliphatic carbocycles. The normalized spacial score (nSPS) is 19.8. The molecule has 3 nitrogen and oxygen atoms in total. The summed E-state index contributed by atoms with van der Waals surface area (Å²) in [5, 5.41) is 0. The first-order valence-corrected chi connectivity index (χ1v) is 9.42. The van der Waals surface area contributed by atoms with Crippen molar-refractivity contribution in [1.82, 2.24) is 4.31 Å². The number of hydrogen-bond acceptors (Lipinski definition) is 2. The van der Waals surface area contributed by atoms with Gasteiger partial charge in [0.15, 0.2) is 0 Å². The average molecular weight is 351 g/mol. The summed E-state index contributed by atoms with van der Waals surface area (Å²) in [5.74, 6) is -1.07. The lowest BCUT2D eigenvalue weighted by molar-refractivity contribution is 0.403. The Bertz CT molecular complexity index is 806. The van der Waals surface area contributed by atoms with Gasteiger partial charge in [-0.1, -0.05) is 30.7 Å². The molecule has 1 heterocycles. The highest BCUT2D eigenvalue weighted by Crippen LogP contribution is 2.30. The highest BCUT2D eigenvalue weighted by Gasteiger charge is 2.31. The van der Waals surface area contributed by atoms with Crippen LogP contribution in [0.5, 0.6) is 0 Å². The fraction of sp³-hybridized carbons (Fsp3) is 0.333. The summed E-state index contributed by atoms with van der Waals surface area (Å²) in [7, 11) is -3.88. The van der Waals surface area contributed by atoms with E-state index in [0.29, 0.717) is 6.54 Å². The third kappa shape index (κ3) is 3.49. The van der Waals surface area contributed by atoms with Gasteiger partial charge in [0.2, 0.25) is 10.0 Å². The van der Waals surface area contributed by atoms with E-state index in [9.17, 15) is 17.2 Å². The molecule has 24 heavy (non-hydrogen) atoms. The molecule has 1 fully saturated rings. The van der Waals surface area contributed by atoms with Crippen LogP contribution in [0.2, 0.25) is 0 Å². The summed E-state index contributed by atoms with van der Waals surface area (Å²) in [6, 6.07) is 11.6. The van der Waals surface area contributed by atoms with E-state index >= 15 is 0 Å². The van der Waals surface area contributed by atoms with Crippen LogP contribution in [0, 0.1) is 11.6 Å². The first-order chi connectivity index (χ1) is 11.5. The van der Waals surface area contributed by atoms with Gasteiger partial charge in [-0.15, -0.1) is 0 Å². The monoisotopic (exact) mass is 351 g/mol. The first-order valence-electron chi connectivity index (χ1n) is 7.98. The maximum atomic E-state index is 14.0. The molecule has 1 atom stereocenters. The fourth-order valence-corrected chi connectivity index (χ4v) is 4.71. The SMILES string of the molecule is O=S(=O)(c1ccccc1F)N1CCCCC(c2ccc(F)cc2)C1. The summed E-state index contributed by atoms with van der Waals surface area (Å²) in [6.07, 6.45) is 2.44. The van der Waals surface area contributed by atoms with Crippen LogP contribution in [0.4, 0.5) is 8.78 Å². The van der Waals surface area contributed by atoms with E-state index in [1.54, 1.807) is 12.1 Å². The van der Waals surface area contributed by atoms with E-state index in [4.69, 9.17) is 0 Å². The maximum absolute atomic E-state index is 14.0. The smallest absolute Gasteiger partial charge is 0.207 e. The van der Waals surface area contributed by atoms with Crippen LogP contribution < -0.4 is 0 Å². The van der Waals surface area contributed by atoms with Crippen molar-refractivity contribution < 1.29 is 17.2 Å². The second-order valence-electron chi connectivity index (χ2n) is 6.04. The first kappa shape index (κ1) is 17.0. The van der Waals surface area contributed by atoms with Crippen LogP contribution in [0.1, 0.15) is 30.7 Å². The molecule has 0 amide bonds. The lowest BCUT2D eigenvalue weighted by atomic mass is 9.95. The maximum Gasteiger partial charge on any atom is 0.246 e. The van der Waals surface area contributed by atoms with Gasteiger partial charge in [0, 0.05) is 13.1 Å². The van der Waals surface area contributed by atoms with E-state index in [1.165, 1.54) is 34.6 Å². The van der Waals surface area contributed by atoms with Gasteiger partial charge < -0.3 is 0 Å². The molecule has 0 spiro atoms. The highest BCUT2D eigenvalue weighted by molar-refractivity contribution is 7.89. The minimum atomic E-state index is -3.88. The van der Waals surface area contributed by atoms with Gasteiger partial charge in [-0.2, -0.15) is 4.31 Å². The molecule has 2 aromatic carbocycles. The zero-order chi connectivity index (χ0) is 17.2. The molecule has 128 valence electrons. The van der Waals surface area contributed by atoms with Crippen molar-refractivity contribution in [3.8, 4) is 0 Å². The third-order valence-corrected chi connectivity index (χ3v) is 6.33. The summed E-state index contributed by atoms with van der Waals surface area (Å²) < 4.78 is 54.1. The van der Waals surface area contributed by atoms with Gasteiger partial charge in [-0.25, -0.2) is 17.2 Å². The number of hydrogen-bond donors (Lipinski definition) is 0. The molecule has 0 saturated carbocycles. The van der Waals surface area contributed by atoms with Crippen molar-refractivity contribution in [3.05, 3.63) is 65.7 Å². The predicted octanol–water partition coefficient (Wildman–Crippen LogP) is 3.92. The van der Waals surface area contributed by atoms with E-state index in [2.05, 4.69) is 0 Å². The zero-order valence-corrected chi connectivity index (χ0v) is 14.0. The van der Waals surface area contributed by atoms with Crippen molar-refractivity contribution in [2.24, 2.45) is 0 Å².